The van der Waals surface area contributed by atoms with Gasteiger partial charge in [0, 0.05) is 0 Å². The molecule has 0 aliphatic carbocycles. The van der Waals surface area contributed by atoms with Crippen LogP contribution >= 0.6 is 0 Å². The van der Waals surface area contributed by atoms with Crippen molar-refractivity contribution in [3.8, 4) is 0 Å². The largest absolute Gasteiger partial charge is 0.257 e. The molecule has 0 fully saturated rings. The van der Waals surface area contributed by atoms with E-state index in [4.69, 9.17) is 0 Å². The first-order valence-electron chi connectivity index (χ1n) is 3.07. The minimum absolute atomic E-state index is 0.382. The van der Waals surface area contributed by atoms with E-state index in [-0.39, 0.29) is 0 Å². The van der Waals surface area contributed by atoms with Crippen molar-refractivity contribution in [3.63, 3.8) is 0 Å². The smallest absolute Gasteiger partial charge is 0.245 e. The molecule has 0 aromatic heterocycles. The van der Waals surface area contributed by atoms with Gasteiger partial charge in [0.15, 0.2) is 0 Å². The Labute approximate surface area is 59.6 Å². The Morgan fingerprint density at radius 3 is 2.60 bits per heavy atom. The molecule has 0 saturated heterocycles. The van der Waals surface area contributed by atoms with E-state index < -0.39 is 15.0 Å². The number of halogens is 2. The Morgan fingerprint density at radius 1 is 1.70 bits per heavy atom. The first kappa shape index (κ1) is 9.46. The molecule has 0 aromatic rings. The summed E-state index contributed by atoms with van der Waals surface area (Å²) in [6.45, 7) is 1.79. The highest BCUT2D eigenvalue weighted by molar-refractivity contribution is 6.58. The topological polar surface area (TPSA) is 29.4 Å². The van der Waals surface area contributed by atoms with Gasteiger partial charge in [-0.05, 0) is 6.04 Å². The van der Waals surface area contributed by atoms with Crippen LogP contribution in [0, 0.1) is 0 Å². The van der Waals surface area contributed by atoms with Crippen molar-refractivity contribution in [1.29, 1.82) is 0 Å². The zero-order chi connectivity index (χ0) is 7.98. The fourth-order valence-corrected chi connectivity index (χ4v) is 1.83. The molecule has 58 valence electrons. The third-order valence-corrected chi connectivity index (χ3v) is 3.28. The Bertz CT molecular complexity index is 136. The second-order valence-corrected chi connectivity index (χ2v) is 4.39. The van der Waals surface area contributed by atoms with Crippen LogP contribution in [0.1, 0.15) is 13.3 Å². The predicted octanol–water partition coefficient (Wildman–Crippen LogP) is 1.26. The van der Waals surface area contributed by atoms with E-state index in [1.807, 2.05) is 0 Å². The van der Waals surface area contributed by atoms with Gasteiger partial charge in [-0.25, -0.2) is 18.2 Å². The van der Waals surface area contributed by atoms with Crippen LogP contribution in [0.4, 0.5) is 8.78 Å². The molecule has 0 aliphatic heterocycles. The van der Waals surface area contributed by atoms with Gasteiger partial charge in [0.2, 0.25) is 12.1 Å². The molecule has 0 rings (SSSR count). The molecule has 0 spiro atoms. The third-order valence-electron chi connectivity index (χ3n) is 1.09. The molecular formula is C5H9F2NOSi. The van der Waals surface area contributed by atoms with Crippen LogP contribution in [0.25, 0.3) is 0 Å². The molecule has 0 saturated carbocycles. The first-order valence-corrected chi connectivity index (χ1v) is 5.07. The second-order valence-electron chi connectivity index (χ2n) is 1.91. The van der Waals surface area contributed by atoms with Crippen LogP contribution in [0.15, 0.2) is 4.66 Å². The van der Waals surface area contributed by atoms with E-state index in [9.17, 15) is 13.6 Å². The summed E-state index contributed by atoms with van der Waals surface area (Å²) < 4.78 is 26.8. The molecule has 0 heterocycles. The van der Waals surface area contributed by atoms with Crippen LogP contribution in [-0.2, 0) is 4.79 Å². The van der Waals surface area contributed by atoms with Crippen LogP contribution in [0.5, 0.6) is 0 Å². The fourth-order valence-electron chi connectivity index (χ4n) is 0.610. The van der Waals surface area contributed by atoms with E-state index in [2.05, 4.69) is 4.66 Å². The van der Waals surface area contributed by atoms with Crippen molar-refractivity contribution in [1.82, 2.24) is 0 Å². The fraction of sp³-hybridized carbons (Fsp3) is 0.800. The van der Waals surface area contributed by atoms with Gasteiger partial charge in [0.1, 0.15) is 0 Å². The van der Waals surface area contributed by atoms with Gasteiger partial charge in [0.25, 0.3) is 8.96 Å². The number of carbonyl (C=O) groups excluding carboxylic acids is 1. The standard InChI is InChI=1S/C5H9F2NOSi/c1-2-3-10(5(6)7)8-4-9/h5,10H,2-3H2,1H3. The predicted molar refractivity (Wildman–Crippen MR) is 36.4 cm³/mol. The summed E-state index contributed by atoms with van der Waals surface area (Å²) in [6, 6.07) is -2.02. The molecule has 0 aliphatic rings. The quantitative estimate of drug-likeness (QED) is 0.350. The molecule has 5 heteroatoms. The van der Waals surface area contributed by atoms with E-state index in [1.165, 1.54) is 6.08 Å². The highest BCUT2D eigenvalue weighted by atomic mass is 28.3. The molecule has 2 nitrogen and oxygen atoms in total. The average Bonchev–Trinajstić information content (AvgIpc) is 1.87. The van der Waals surface area contributed by atoms with Crippen LogP contribution < -0.4 is 0 Å². The summed E-state index contributed by atoms with van der Waals surface area (Å²) in [4.78, 5) is 9.60. The number of isocyanates is 1. The maximum absolute atomic E-state index is 11.9. The van der Waals surface area contributed by atoms with Gasteiger partial charge in [-0.2, -0.15) is 0 Å². The lowest BCUT2D eigenvalue weighted by molar-refractivity contribution is 0.231. The van der Waals surface area contributed by atoms with E-state index in [0.29, 0.717) is 12.5 Å². The molecule has 0 radical (unpaired) electrons. The van der Waals surface area contributed by atoms with Crippen molar-refractivity contribution in [3.05, 3.63) is 0 Å². The molecule has 0 aromatic carbocycles. The van der Waals surface area contributed by atoms with Crippen molar-refractivity contribution in [2.75, 3.05) is 0 Å². The Morgan fingerprint density at radius 2 is 2.30 bits per heavy atom. The monoisotopic (exact) mass is 165 g/mol. The third kappa shape index (κ3) is 3.48. The minimum atomic E-state index is -2.44. The van der Waals surface area contributed by atoms with Gasteiger partial charge in [-0.3, -0.25) is 0 Å². The molecule has 1 unspecified atom stereocenters. The average molecular weight is 165 g/mol. The lowest BCUT2D eigenvalue weighted by atomic mass is 10.6. The Balaban J connectivity index is 3.84. The number of hydrogen-bond donors (Lipinski definition) is 0. The van der Waals surface area contributed by atoms with Gasteiger partial charge >= 0.3 is 0 Å². The van der Waals surface area contributed by atoms with Crippen molar-refractivity contribution < 1.29 is 13.6 Å². The van der Waals surface area contributed by atoms with Crippen molar-refractivity contribution in [2.24, 2.45) is 4.66 Å². The van der Waals surface area contributed by atoms with Crippen molar-refractivity contribution in [2.45, 2.75) is 25.4 Å². The number of hydrogen-bond acceptors (Lipinski definition) is 2. The van der Waals surface area contributed by atoms with Gasteiger partial charge < -0.3 is 0 Å². The summed E-state index contributed by atoms with van der Waals surface area (Å²) >= 11 is 0. The number of nitrogens with zero attached hydrogens (tertiary/aromatic N) is 1. The normalized spacial score (nSPS) is 12.8. The lowest BCUT2D eigenvalue weighted by Crippen LogP contribution is -2.20. The SMILES string of the molecule is CCC[SiH](N=C=O)C(F)F. The first-order chi connectivity index (χ1) is 4.72. The molecular weight excluding hydrogens is 156 g/mol. The summed E-state index contributed by atoms with van der Waals surface area (Å²) in [5, 5.41) is 0. The molecule has 10 heavy (non-hydrogen) atoms. The maximum Gasteiger partial charge on any atom is 0.257 e. The van der Waals surface area contributed by atoms with Crippen molar-refractivity contribution >= 4 is 15.0 Å². The van der Waals surface area contributed by atoms with E-state index in [1.54, 1.807) is 6.92 Å². The summed E-state index contributed by atoms with van der Waals surface area (Å²) in [5.41, 5.74) is 0. The summed E-state index contributed by atoms with van der Waals surface area (Å²) in [6.07, 6.45) is 1.85. The van der Waals surface area contributed by atoms with Gasteiger partial charge in [-0.1, -0.05) is 13.3 Å². The molecule has 0 N–H and O–H groups in total. The maximum atomic E-state index is 11.9. The van der Waals surface area contributed by atoms with E-state index in [0.717, 1.165) is 0 Å². The van der Waals surface area contributed by atoms with Gasteiger partial charge in [-0.15, -0.1) is 0 Å². The van der Waals surface area contributed by atoms with E-state index >= 15 is 0 Å². The number of alkyl halides is 2. The zero-order valence-electron chi connectivity index (χ0n) is 5.68. The minimum Gasteiger partial charge on any atom is -0.245 e. The Hall–Kier alpha value is -0.543. The highest BCUT2D eigenvalue weighted by Gasteiger charge is 2.20. The van der Waals surface area contributed by atoms with Gasteiger partial charge in [0.05, 0.1) is 0 Å². The second kappa shape index (κ2) is 5.26. The Kier molecular flexibility index (Phi) is 4.97. The van der Waals surface area contributed by atoms with Crippen LogP contribution in [-0.4, -0.2) is 21.1 Å². The summed E-state index contributed by atoms with van der Waals surface area (Å²) in [7, 11) is -2.44. The number of rotatable bonds is 4. The van der Waals surface area contributed by atoms with Crippen LogP contribution in [0.3, 0.4) is 0 Å². The zero-order valence-corrected chi connectivity index (χ0v) is 6.84. The molecule has 0 amide bonds. The lowest BCUT2D eigenvalue weighted by Gasteiger charge is -2.02. The summed E-state index contributed by atoms with van der Waals surface area (Å²) in [5.74, 6) is 0. The molecule has 0 bridgehead atoms. The molecule has 1 atom stereocenters. The highest BCUT2D eigenvalue weighted by Crippen LogP contribution is 2.07. The van der Waals surface area contributed by atoms with Crippen LogP contribution in [0.2, 0.25) is 6.04 Å².